The van der Waals surface area contributed by atoms with E-state index in [0.29, 0.717) is 6.42 Å². The second-order valence-corrected chi connectivity index (χ2v) is 3.20. The van der Waals surface area contributed by atoms with Gasteiger partial charge in [-0.15, -0.1) is 0 Å². The summed E-state index contributed by atoms with van der Waals surface area (Å²) in [6, 6.07) is 0. The third-order valence-electron chi connectivity index (χ3n) is 2.20. The first-order chi connectivity index (χ1) is 7.07. The Morgan fingerprint density at radius 1 is 1.67 bits per heavy atom. The molecule has 1 unspecified atom stereocenters. The molecule has 0 aromatic heterocycles. The number of allylic oxidation sites excluding steroid dienone is 2. The molecule has 1 rings (SSSR count). The Labute approximate surface area is 86.1 Å². The molecule has 0 saturated heterocycles. The van der Waals surface area contributed by atoms with Gasteiger partial charge in [0, 0.05) is 0 Å². The molecule has 0 bridgehead atoms. The molecule has 0 fully saturated rings. The number of carbonyl (C=O) groups excluding carboxylic acids is 2. The molecular formula is C10H12F2O3. The van der Waals surface area contributed by atoms with E-state index in [0.717, 1.165) is 0 Å². The van der Waals surface area contributed by atoms with Crippen molar-refractivity contribution in [2.75, 3.05) is 6.61 Å². The zero-order chi connectivity index (χ0) is 11.4. The van der Waals surface area contributed by atoms with Crippen molar-refractivity contribution in [2.45, 2.75) is 26.2 Å². The van der Waals surface area contributed by atoms with Crippen molar-refractivity contribution < 1.29 is 23.1 Å². The maximum absolute atomic E-state index is 12.1. The van der Waals surface area contributed by atoms with Gasteiger partial charge in [0.2, 0.25) is 11.6 Å². The summed E-state index contributed by atoms with van der Waals surface area (Å²) in [5, 5.41) is 0. The lowest BCUT2D eigenvalue weighted by Gasteiger charge is -2.19. The van der Waals surface area contributed by atoms with Gasteiger partial charge in [-0.05, 0) is 25.8 Å². The van der Waals surface area contributed by atoms with E-state index in [1.165, 1.54) is 0 Å². The van der Waals surface area contributed by atoms with E-state index >= 15 is 0 Å². The molecule has 0 radical (unpaired) electrons. The van der Waals surface area contributed by atoms with Crippen LogP contribution >= 0.6 is 0 Å². The van der Waals surface area contributed by atoms with Gasteiger partial charge in [-0.25, -0.2) is 8.78 Å². The number of hydrogen-bond acceptors (Lipinski definition) is 3. The summed E-state index contributed by atoms with van der Waals surface area (Å²) in [5.74, 6) is -3.10. The van der Waals surface area contributed by atoms with Crippen LogP contribution in [0.1, 0.15) is 19.8 Å². The highest BCUT2D eigenvalue weighted by atomic mass is 19.3. The first kappa shape index (κ1) is 11.8. The van der Waals surface area contributed by atoms with E-state index < -0.39 is 23.9 Å². The van der Waals surface area contributed by atoms with E-state index in [2.05, 4.69) is 0 Å². The van der Waals surface area contributed by atoms with E-state index in [4.69, 9.17) is 4.74 Å². The van der Waals surface area contributed by atoms with E-state index in [9.17, 15) is 18.4 Å². The van der Waals surface area contributed by atoms with Crippen LogP contribution in [-0.2, 0) is 14.3 Å². The third kappa shape index (κ3) is 2.61. The van der Waals surface area contributed by atoms with Crippen molar-refractivity contribution in [1.29, 1.82) is 0 Å². The average Bonchev–Trinajstić information content (AvgIpc) is 2.20. The van der Waals surface area contributed by atoms with Crippen LogP contribution in [0.5, 0.6) is 0 Å². The van der Waals surface area contributed by atoms with Gasteiger partial charge in [0.25, 0.3) is 6.43 Å². The fourth-order valence-electron chi connectivity index (χ4n) is 1.49. The van der Waals surface area contributed by atoms with Gasteiger partial charge in [0.15, 0.2) is 5.76 Å². The van der Waals surface area contributed by atoms with Crippen molar-refractivity contribution >= 4 is 11.6 Å². The van der Waals surface area contributed by atoms with Crippen LogP contribution in [-0.4, -0.2) is 24.6 Å². The molecular weight excluding hydrogens is 206 g/mol. The van der Waals surface area contributed by atoms with Gasteiger partial charge in [-0.2, -0.15) is 0 Å². The molecule has 0 amide bonds. The van der Waals surface area contributed by atoms with Crippen LogP contribution in [0.25, 0.3) is 0 Å². The van der Waals surface area contributed by atoms with Crippen molar-refractivity contribution in [1.82, 2.24) is 0 Å². The zero-order valence-corrected chi connectivity index (χ0v) is 8.33. The topological polar surface area (TPSA) is 43.4 Å². The van der Waals surface area contributed by atoms with Gasteiger partial charge in [0.1, 0.15) is 0 Å². The van der Waals surface area contributed by atoms with Crippen LogP contribution in [0.2, 0.25) is 0 Å². The minimum Gasteiger partial charge on any atom is -0.490 e. The van der Waals surface area contributed by atoms with Gasteiger partial charge in [0.05, 0.1) is 12.5 Å². The minimum absolute atomic E-state index is 0.0442. The Morgan fingerprint density at radius 2 is 2.33 bits per heavy atom. The summed E-state index contributed by atoms with van der Waals surface area (Å²) >= 11 is 0. The molecule has 0 aromatic rings. The van der Waals surface area contributed by atoms with Crippen LogP contribution in [0.4, 0.5) is 8.78 Å². The number of Topliss-reactive ketones (excluding diaryl/α,β-unsaturated/α-hetero) is 2. The maximum atomic E-state index is 12.1. The largest absolute Gasteiger partial charge is 0.490 e. The quantitative estimate of drug-likeness (QED) is 0.675. The van der Waals surface area contributed by atoms with Crippen LogP contribution in [0.15, 0.2) is 11.8 Å². The number of halogens is 2. The highest BCUT2D eigenvalue weighted by molar-refractivity contribution is 6.10. The molecule has 84 valence electrons. The molecule has 0 aromatic carbocycles. The van der Waals surface area contributed by atoms with Crippen molar-refractivity contribution in [3.8, 4) is 0 Å². The maximum Gasteiger partial charge on any atom is 0.296 e. The first-order valence-corrected chi connectivity index (χ1v) is 4.77. The lowest BCUT2D eigenvalue weighted by atomic mass is 9.88. The van der Waals surface area contributed by atoms with E-state index in [1.54, 1.807) is 13.0 Å². The normalized spacial score (nSPS) is 21.5. The van der Waals surface area contributed by atoms with Gasteiger partial charge in [-0.3, -0.25) is 9.59 Å². The number of alkyl halides is 2. The number of rotatable bonds is 4. The Bertz CT molecular complexity index is 297. The van der Waals surface area contributed by atoms with Gasteiger partial charge in [-0.1, -0.05) is 0 Å². The molecule has 15 heavy (non-hydrogen) atoms. The standard InChI is InChI=1S/C10H12F2O3/c1-2-15-7-5-3-4-6(8(7)13)9(14)10(11)12/h5-6,10H,2-4H2,1H3. The van der Waals surface area contributed by atoms with Crippen LogP contribution in [0.3, 0.4) is 0 Å². The molecule has 5 heteroatoms. The third-order valence-corrected chi connectivity index (χ3v) is 2.20. The Hall–Kier alpha value is -1.26. The smallest absolute Gasteiger partial charge is 0.296 e. The van der Waals surface area contributed by atoms with E-state index in [-0.39, 0.29) is 18.8 Å². The molecule has 1 aliphatic rings. The summed E-state index contributed by atoms with van der Waals surface area (Å²) in [7, 11) is 0. The second kappa shape index (κ2) is 5.00. The van der Waals surface area contributed by atoms with Gasteiger partial charge >= 0.3 is 0 Å². The fourth-order valence-corrected chi connectivity index (χ4v) is 1.49. The van der Waals surface area contributed by atoms with Gasteiger partial charge < -0.3 is 4.74 Å². The molecule has 0 aliphatic heterocycles. The predicted molar refractivity (Wildman–Crippen MR) is 48.5 cm³/mol. The molecule has 0 heterocycles. The number of carbonyl (C=O) groups is 2. The Kier molecular flexibility index (Phi) is 3.94. The van der Waals surface area contributed by atoms with Crippen molar-refractivity contribution in [3.05, 3.63) is 11.8 Å². The SMILES string of the molecule is CCOC1=CCCC(C(=O)C(F)F)C1=O. The highest BCUT2D eigenvalue weighted by Gasteiger charge is 2.36. The van der Waals surface area contributed by atoms with Crippen molar-refractivity contribution in [3.63, 3.8) is 0 Å². The molecule has 0 N–H and O–H groups in total. The predicted octanol–water partition coefficient (Wildman–Crippen LogP) is 1.72. The summed E-state index contributed by atoms with van der Waals surface area (Å²) in [6.07, 6.45) is -0.968. The summed E-state index contributed by atoms with van der Waals surface area (Å²) < 4.78 is 29.2. The number of hydrogen-bond donors (Lipinski definition) is 0. The average molecular weight is 218 g/mol. The lowest BCUT2D eigenvalue weighted by molar-refractivity contribution is -0.140. The first-order valence-electron chi connectivity index (χ1n) is 4.77. The lowest BCUT2D eigenvalue weighted by Crippen LogP contribution is -2.32. The molecule has 0 saturated carbocycles. The van der Waals surface area contributed by atoms with Crippen LogP contribution < -0.4 is 0 Å². The zero-order valence-electron chi connectivity index (χ0n) is 8.33. The van der Waals surface area contributed by atoms with E-state index in [1.807, 2.05) is 0 Å². The second-order valence-electron chi connectivity index (χ2n) is 3.20. The number of ether oxygens (including phenoxy) is 1. The summed E-state index contributed by atoms with van der Waals surface area (Å²) in [5.41, 5.74) is 0. The van der Waals surface area contributed by atoms with Crippen LogP contribution in [0, 0.1) is 5.92 Å². The Morgan fingerprint density at radius 3 is 2.87 bits per heavy atom. The highest BCUT2D eigenvalue weighted by Crippen LogP contribution is 2.24. The number of ketones is 2. The molecule has 3 nitrogen and oxygen atoms in total. The Balaban J connectivity index is 2.75. The summed E-state index contributed by atoms with van der Waals surface area (Å²) in [6.45, 7) is 1.97. The molecule has 0 spiro atoms. The minimum atomic E-state index is -3.08. The fraction of sp³-hybridized carbons (Fsp3) is 0.600. The summed E-state index contributed by atoms with van der Waals surface area (Å²) in [4.78, 5) is 22.5. The molecule has 1 atom stereocenters. The molecule has 1 aliphatic carbocycles. The van der Waals surface area contributed by atoms with Crippen molar-refractivity contribution in [2.24, 2.45) is 5.92 Å². The monoisotopic (exact) mass is 218 g/mol.